The summed E-state index contributed by atoms with van der Waals surface area (Å²) in [7, 11) is 0. The highest BCUT2D eigenvalue weighted by Gasteiger charge is 2.42. The third-order valence-electron chi connectivity index (χ3n) is 5.24. The molecule has 4 rings (SSSR count). The van der Waals surface area contributed by atoms with Crippen LogP contribution < -0.4 is 10.1 Å². The molecule has 2 amide bonds. The second-order valence-corrected chi connectivity index (χ2v) is 6.80. The maximum absolute atomic E-state index is 12.7. The highest BCUT2D eigenvalue weighted by atomic mass is 16.5. The second kappa shape index (κ2) is 5.91. The number of urea groups is 1. The predicted molar refractivity (Wildman–Crippen MR) is 90.8 cm³/mol. The number of carbonyl (C=O) groups is 1. The number of fused-ring (bicyclic) bond motifs is 2. The SMILES string of the molecule is CCOc1ccc(NC(=O)N2C3CCC2CC(=C2CC2)C3)cc1. The molecule has 1 saturated carbocycles. The predicted octanol–water partition coefficient (Wildman–Crippen LogP) is 4.33. The van der Waals surface area contributed by atoms with Gasteiger partial charge in [-0.15, -0.1) is 0 Å². The van der Waals surface area contributed by atoms with Crippen LogP contribution in [0.15, 0.2) is 35.4 Å². The highest BCUT2D eigenvalue weighted by molar-refractivity contribution is 5.90. The molecule has 23 heavy (non-hydrogen) atoms. The monoisotopic (exact) mass is 312 g/mol. The van der Waals surface area contributed by atoms with E-state index in [-0.39, 0.29) is 6.03 Å². The number of nitrogens with one attached hydrogen (secondary N) is 1. The number of piperidine rings is 1. The Balaban J connectivity index is 1.42. The lowest BCUT2D eigenvalue weighted by molar-refractivity contribution is 0.173. The van der Waals surface area contributed by atoms with Crippen molar-refractivity contribution in [3.05, 3.63) is 35.4 Å². The van der Waals surface area contributed by atoms with E-state index in [1.54, 1.807) is 11.1 Å². The van der Waals surface area contributed by atoms with Gasteiger partial charge in [-0.05, 0) is 69.7 Å². The summed E-state index contributed by atoms with van der Waals surface area (Å²) in [6.45, 7) is 2.62. The first kappa shape index (κ1) is 14.6. The molecule has 2 heterocycles. The molecule has 0 radical (unpaired) electrons. The Morgan fingerprint density at radius 2 is 1.78 bits per heavy atom. The third-order valence-corrected chi connectivity index (χ3v) is 5.24. The Kier molecular flexibility index (Phi) is 3.76. The average molecular weight is 312 g/mol. The summed E-state index contributed by atoms with van der Waals surface area (Å²) in [6, 6.07) is 8.48. The lowest BCUT2D eigenvalue weighted by Gasteiger charge is -2.36. The van der Waals surface area contributed by atoms with Crippen LogP contribution in [0, 0.1) is 0 Å². The molecule has 122 valence electrons. The third kappa shape index (κ3) is 2.94. The summed E-state index contributed by atoms with van der Waals surface area (Å²) in [5, 5.41) is 3.06. The summed E-state index contributed by atoms with van der Waals surface area (Å²) in [4.78, 5) is 14.8. The van der Waals surface area contributed by atoms with Crippen LogP contribution in [-0.2, 0) is 0 Å². The number of hydrogen-bond donors (Lipinski definition) is 1. The van der Waals surface area contributed by atoms with Crippen molar-refractivity contribution in [2.24, 2.45) is 0 Å². The Labute approximate surface area is 137 Å². The Bertz CT molecular complexity index is 613. The van der Waals surface area contributed by atoms with Crippen LogP contribution in [0.25, 0.3) is 0 Å². The van der Waals surface area contributed by atoms with Gasteiger partial charge in [-0.3, -0.25) is 0 Å². The molecule has 2 saturated heterocycles. The van der Waals surface area contributed by atoms with Crippen LogP contribution in [0.1, 0.15) is 45.4 Å². The number of allylic oxidation sites excluding steroid dienone is 1. The van der Waals surface area contributed by atoms with Gasteiger partial charge in [0.2, 0.25) is 0 Å². The van der Waals surface area contributed by atoms with Crippen LogP contribution in [0.3, 0.4) is 0 Å². The van der Waals surface area contributed by atoms with E-state index in [0.29, 0.717) is 18.7 Å². The van der Waals surface area contributed by atoms with Gasteiger partial charge in [0.15, 0.2) is 0 Å². The maximum atomic E-state index is 12.7. The number of carbonyl (C=O) groups excluding carboxylic acids is 1. The minimum absolute atomic E-state index is 0.0570. The van der Waals surface area contributed by atoms with Gasteiger partial charge in [-0.2, -0.15) is 0 Å². The molecule has 1 aliphatic carbocycles. The molecule has 0 aromatic heterocycles. The van der Waals surface area contributed by atoms with Crippen LogP contribution in [0.4, 0.5) is 10.5 Å². The molecule has 1 aromatic carbocycles. The minimum atomic E-state index is 0.0570. The molecule has 2 bridgehead atoms. The summed E-state index contributed by atoms with van der Waals surface area (Å²) >= 11 is 0. The van der Waals surface area contributed by atoms with Gasteiger partial charge in [0.25, 0.3) is 0 Å². The lowest BCUT2D eigenvalue weighted by Crippen LogP contribution is -2.46. The fourth-order valence-corrected chi connectivity index (χ4v) is 4.04. The van der Waals surface area contributed by atoms with E-state index < -0.39 is 0 Å². The minimum Gasteiger partial charge on any atom is -0.494 e. The fraction of sp³-hybridized carbons (Fsp3) is 0.526. The Morgan fingerprint density at radius 1 is 1.13 bits per heavy atom. The van der Waals surface area contributed by atoms with Gasteiger partial charge in [-0.25, -0.2) is 4.79 Å². The van der Waals surface area contributed by atoms with Crippen molar-refractivity contribution < 1.29 is 9.53 Å². The zero-order valence-corrected chi connectivity index (χ0v) is 13.7. The van der Waals surface area contributed by atoms with Gasteiger partial charge >= 0.3 is 6.03 Å². The van der Waals surface area contributed by atoms with Gasteiger partial charge in [0.1, 0.15) is 5.75 Å². The zero-order chi connectivity index (χ0) is 15.8. The Hall–Kier alpha value is -1.97. The fourth-order valence-electron chi connectivity index (χ4n) is 4.04. The summed E-state index contributed by atoms with van der Waals surface area (Å²) in [6.07, 6.45) is 7.10. The van der Waals surface area contributed by atoms with Gasteiger partial charge < -0.3 is 15.0 Å². The molecule has 1 N–H and O–H groups in total. The van der Waals surface area contributed by atoms with E-state index in [0.717, 1.165) is 37.1 Å². The lowest BCUT2D eigenvalue weighted by atomic mass is 9.96. The van der Waals surface area contributed by atoms with Gasteiger partial charge in [0, 0.05) is 17.8 Å². The van der Waals surface area contributed by atoms with E-state index >= 15 is 0 Å². The van der Waals surface area contributed by atoms with Crippen molar-refractivity contribution in [2.45, 2.75) is 57.5 Å². The number of hydrogen-bond acceptors (Lipinski definition) is 2. The first-order chi connectivity index (χ1) is 11.2. The highest BCUT2D eigenvalue weighted by Crippen LogP contribution is 2.44. The van der Waals surface area contributed by atoms with Crippen LogP contribution in [-0.4, -0.2) is 29.6 Å². The zero-order valence-electron chi connectivity index (χ0n) is 13.7. The average Bonchev–Trinajstić information content (AvgIpc) is 3.35. The molecule has 3 fully saturated rings. The number of nitrogens with zero attached hydrogens (tertiary/aromatic N) is 1. The normalized spacial score (nSPS) is 25.5. The molecule has 2 unspecified atom stereocenters. The van der Waals surface area contributed by atoms with Crippen LogP contribution in [0.2, 0.25) is 0 Å². The molecular weight excluding hydrogens is 288 g/mol. The van der Waals surface area contributed by atoms with Crippen molar-refractivity contribution in [3.8, 4) is 5.75 Å². The summed E-state index contributed by atoms with van der Waals surface area (Å²) in [5.41, 5.74) is 4.17. The maximum Gasteiger partial charge on any atom is 0.322 e. The topological polar surface area (TPSA) is 41.6 Å². The van der Waals surface area contributed by atoms with E-state index in [2.05, 4.69) is 10.2 Å². The molecule has 0 spiro atoms. The molecular formula is C19H24N2O2. The Morgan fingerprint density at radius 3 is 2.35 bits per heavy atom. The van der Waals surface area contributed by atoms with Crippen molar-refractivity contribution in [3.63, 3.8) is 0 Å². The number of ether oxygens (including phenoxy) is 1. The van der Waals surface area contributed by atoms with E-state index in [1.807, 2.05) is 31.2 Å². The van der Waals surface area contributed by atoms with Crippen molar-refractivity contribution in [2.75, 3.05) is 11.9 Å². The summed E-state index contributed by atoms with van der Waals surface area (Å²) < 4.78 is 5.44. The van der Waals surface area contributed by atoms with Crippen molar-refractivity contribution >= 4 is 11.7 Å². The second-order valence-electron chi connectivity index (χ2n) is 6.80. The van der Waals surface area contributed by atoms with Crippen molar-refractivity contribution in [1.29, 1.82) is 0 Å². The number of rotatable bonds is 3. The number of anilines is 1. The standard InChI is InChI=1S/C19H24N2O2/c1-2-23-18-9-5-15(6-10-18)20-19(22)21-16-7-8-17(21)12-14(11-16)13-3-4-13/h5-6,9-10,16-17H,2-4,7-8,11-12H2,1H3,(H,20,22). The first-order valence-electron chi connectivity index (χ1n) is 8.76. The van der Waals surface area contributed by atoms with Gasteiger partial charge in [0.05, 0.1) is 6.61 Å². The first-order valence-corrected chi connectivity index (χ1v) is 8.76. The molecule has 2 atom stereocenters. The van der Waals surface area contributed by atoms with Crippen LogP contribution in [0.5, 0.6) is 5.75 Å². The number of benzene rings is 1. The van der Waals surface area contributed by atoms with Crippen LogP contribution >= 0.6 is 0 Å². The quantitative estimate of drug-likeness (QED) is 0.844. The molecule has 2 aliphatic heterocycles. The summed E-state index contributed by atoms with van der Waals surface area (Å²) in [5.74, 6) is 0.837. The van der Waals surface area contributed by atoms with E-state index in [1.165, 1.54) is 12.8 Å². The van der Waals surface area contributed by atoms with E-state index in [4.69, 9.17) is 4.74 Å². The molecule has 3 aliphatic rings. The molecule has 4 nitrogen and oxygen atoms in total. The van der Waals surface area contributed by atoms with E-state index in [9.17, 15) is 4.79 Å². The number of amides is 2. The molecule has 4 heteroatoms. The molecule has 1 aromatic rings. The largest absolute Gasteiger partial charge is 0.494 e. The smallest absolute Gasteiger partial charge is 0.322 e. The van der Waals surface area contributed by atoms with Crippen molar-refractivity contribution in [1.82, 2.24) is 4.90 Å². The van der Waals surface area contributed by atoms with Gasteiger partial charge in [-0.1, -0.05) is 11.1 Å².